The highest BCUT2D eigenvalue weighted by Gasteiger charge is 2.28. The number of halogens is 1. The van der Waals surface area contributed by atoms with Crippen molar-refractivity contribution in [2.24, 2.45) is 5.73 Å². The summed E-state index contributed by atoms with van der Waals surface area (Å²) < 4.78 is 0.815. The van der Waals surface area contributed by atoms with Gasteiger partial charge in [-0.25, -0.2) is 0 Å². The molecular weight excluding hydrogens is 328 g/mol. The van der Waals surface area contributed by atoms with Gasteiger partial charge in [-0.3, -0.25) is 4.79 Å². The number of rotatable bonds is 1. The molecule has 2 N–H and O–H groups in total. The van der Waals surface area contributed by atoms with E-state index in [1.165, 1.54) is 0 Å². The number of para-hydroxylation sites is 1. The maximum atomic E-state index is 12.9. The lowest BCUT2D eigenvalue weighted by atomic mass is 9.97. The van der Waals surface area contributed by atoms with E-state index in [4.69, 9.17) is 5.73 Å². The Morgan fingerprint density at radius 3 is 2.86 bits per heavy atom. The van der Waals surface area contributed by atoms with Crippen molar-refractivity contribution in [1.29, 1.82) is 0 Å². The smallest absolute Gasteiger partial charge is 0.259 e. The van der Waals surface area contributed by atoms with E-state index in [9.17, 15) is 4.79 Å². The van der Waals surface area contributed by atoms with Gasteiger partial charge in [-0.2, -0.15) is 0 Å². The molecule has 4 heteroatoms. The van der Waals surface area contributed by atoms with E-state index in [1.54, 1.807) is 4.90 Å². The number of benzene rings is 2. The number of hydrogen-bond donors (Lipinski definition) is 1. The molecule has 2 aromatic carbocycles. The Bertz CT molecular complexity index is 699. The summed E-state index contributed by atoms with van der Waals surface area (Å²) in [5.41, 5.74) is 9.97. The molecule has 0 bridgehead atoms. The Morgan fingerprint density at radius 2 is 2.05 bits per heavy atom. The first-order valence-electron chi connectivity index (χ1n) is 6.98. The van der Waals surface area contributed by atoms with Crippen LogP contribution in [0.2, 0.25) is 0 Å². The minimum absolute atomic E-state index is 0.00632. The lowest BCUT2D eigenvalue weighted by molar-refractivity contribution is 0.0982. The molecule has 1 aliphatic rings. The summed E-state index contributed by atoms with van der Waals surface area (Å²) in [6, 6.07) is 13.8. The standard InChI is InChI=1S/C17H17BrN2O/c1-11-6-7-15(18)14(8-11)17(21)20-10-13(19)9-12-4-2-3-5-16(12)20/h2-8,13H,9-10,19H2,1H3. The zero-order chi connectivity index (χ0) is 15.0. The first kappa shape index (κ1) is 14.3. The molecule has 21 heavy (non-hydrogen) atoms. The van der Waals surface area contributed by atoms with Crippen LogP contribution < -0.4 is 10.6 Å². The van der Waals surface area contributed by atoms with Gasteiger partial charge in [0.1, 0.15) is 0 Å². The molecule has 1 unspecified atom stereocenters. The molecule has 0 spiro atoms. The molecule has 1 atom stereocenters. The summed E-state index contributed by atoms with van der Waals surface area (Å²) in [6.07, 6.45) is 0.814. The highest BCUT2D eigenvalue weighted by Crippen LogP contribution is 2.29. The van der Waals surface area contributed by atoms with Crippen LogP contribution in [0.5, 0.6) is 0 Å². The topological polar surface area (TPSA) is 46.3 Å². The number of anilines is 1. The van der Waals surface area contributed by atoms with Crippen molar-refractivity contribution >= 4 is 27.5 Å². The maximum absolute atomic E-state index is 12.9. The summed E-state index contributed by atoms with van der Waals surface area (Å²) in [5.74, 6) is -0.00632. The quantitative estimate of drug-likeness (QED) is 0.862. The average molecular weight is 345 g/mol. The monoisotopic (exact) mass is 344 g/mol. The van der Waals surface area contributed by atoms with Crippen LogP contribution >= 0.6 is 15.9 Å². The van der Waals surface area contributed by atoms with Gasteiger partial charge in [-0.1, -0.05) is 29.8 Å². The SMILES string of the molecule is Cc1ccc(Br)c(C(=O)N2CC(N)Cc3ccccc32)c1. The third-order valence-electron chi connectivity index (χ3n) is 3.78. The largest absolute Gasteiger partial charge is 0.326 e. The minimum Gasteiger partial charge on any atom is -0.326 e. The van der Waals surface area contributed by atoms with Gasteiger partial charge in [0.05, 0.1) is 5.56 Å². The Balaban J connectivity index is 2.04. The molecule has 3 rings (SSSR count). The lowest BCUT2D eigenvalue weighted by Crippen LogP contribution is -2.46. The van der Waals surface area contributed by atoms with Crippen molar-refractivity contribution in [2.45, 2.75) is 19.4 Å². The third kappa shape index (κ3) is 2.74. The predicted octanol–water partition coefficient (Wildman–Crippen LogP) is 3.29. The fourth-order valence-corrected chi connectivity index (χ4v) is 3.18. The van der Waals surface area contributed by atoms with Gasteiger partial charge in [0.2, 0.25) is 0 Å². The van der Waals surface area contributed by atoms with Crippen molar-refractivity contribution in [3.63, 3.8) is 0 Å². The summed E-state index contributed by atoms with van der Waals surface area (Å²) >= 11 is 3.47. The second-order valence-electron chi connectivity index (χ2n) is 5.49. The van der Waals surface area contributed by atoms with Crippen LogP contribution in [-0.2, 0) is 6.42 Å². The number of hydrogen-bond acceptors (Lipinski definition) is 2. The lowest BCUT2D eigenvalue weighted by Gasteiger charge is -2.33. The molecule has 0 radical (unpaired) electrons. The average Bonchev–Trinajstić information content (AvgIpc) is 2.48. The van der Waals surface area contributed by atoms with Crippen LogP contribution in [0, 0.1) is 6.92 Å². The second-order valence-corrected chi connectivity index (χ2v) is 6.35. The molecule has 0 fully saturated rings. The summed E-state index contributed by atoms with van der Waals surface area (Å²) in [4.78, 5) is 14.7. The van der Waals surface area contributed by atoms with E-state index in [2.05, 4.69) is 15.9 Å². The Morgan fingerprint density at radius 1 is 1.29 bits per heavy atom. The van der Waals surface area contributed by atoms with Crippen molar-refractivity contribution in [3.05, 3.63) is 63.6 Å². The summed E-state index contributed by atoms with van der Waals surface area (Å²) in [7, 11) is 0. The van der Waals surface area contributed by atoms with Gasteiger partial charge < -0.3 is 10.6 Å². The number of nitrogens with zero attached hydrogens (tertiary/aromatic N) is 1. The minimum atomic E-state index is -0.0209. The molecule has 2 aromatic rings. The molecule has 0 aromatic heterocycles. The summed E-state index contributed by atoms with van der Waals surface area (Å²) in [5, 5.41) is 0. The number of carbonyl (C=O) groups excluding carboxylic acids is 1. The third-order valence-corrected chi connectivity index (χ3v) is 4.47. The van der Waals surface area contributed by atoms with Gasteiger partial charge in [-0.05, 0) is 53.0 Å². The van der Waals surface area contributed by atoms with Gasteiger partial charge in [-0.15, -0.1) is 0 Å². The normalized spacial score (nSPS) is 17.5. The van der Waals surface area contributed by atoms with Crippen molar-refractivity contribution in [1.82, 2.24) is 0 Å². The molecule has 1 heterocycles. The fraction of sp³-hybridized carbons (Fsp3) is 0.235. The van der Waals surface area contributed by atoms with E-state index >= 15 is 0 Å². The molecular formula is C17H17BrN2O. The van der Waals surface area contributed by atoms with E-state index in [0.717, 1.165) is 27.7 Å². The molecule has 0 saturated carbocycles. The molecule has 1 aliphatic heterocycles. The van der Waals surface area contributed by atoms with Crippen molar-refractivity contribution in [3.8, 4) is 0 Å². The van der Waals surface area contributed by atoms with Gasteiger partial charge in [0, 0.05) is 22.7 Å². The second kappa shape index (κ2) is 5.62. The maximum Gasteiger partial charge on any atom is 0.259 e. The van der Waals surface area contributed by atoms with E-state index in [1.807, 2.05) is 49.4 Å². The zero-order valence-electron chi connectivity index (χ0n) is 11.8. The predicted molar refractivity (Wildman–Crippen MR) is 88.7 cm³/mol. The number of fused-ring (bicyclic) bond motifs is 1. The molecule has 0 aliphatic carbocycles. The van der Waals surface area contributed by atoms with Crippen molar-refractivity contribution in [2.75, 3.05) is 11.4 Å². The molecule has 0 saturated heterocycles. The number of amides is 1. The van der Waals surface area contributed by atoms with Crippen LogP contribution in [0.25, 0.3) is 0 Å². The Kier molecular flexibility index (Phi) is 3.83. The first-order chi connectivity index (χ1) is 10.1. The van der Waals surface area contributed by atoms with Gasteiger partial charge in [0.25, 0.3) is 5.91 Å². The van der Waals surface area contributed by atoms with Crippen LogP contribution in [0.4, 0.5) is 5.69 Å². The molecule has 1 amide bonds. The molecule has 108 valence electrons. The van der Waals surface area contributed by atoms with Crippen molar-refractivity contribution < 1.29 is 4.79 Å². The van der Waals surface area contributed by atoms with E-state index < -0.39 is 0 Å². The van der Waals surface area contributed by atoms with Gasteiger partial charge >= 0.3 is 0 Å². The van der Waals surface area contributed by atoms with Crippen LogP contribution in [-0.4, -0.2) is 18.5 Å². The Hall–Kier alpha value is -1.65. The highest BCUT2D eigenvalue weighted by molar-refractivity contribution is 9.10. The highest BCUT2D eigenvalue weighted by atomic mass is 79.9. The van der Waals surface area contributed by atoms with Crippen LogP contribution in [0.15, 0.2) is 46.9 Å². The van der Waals surface area contributed by atoms with Gasteiger partial charge in [0.15, 0.2) is 0 Å². The molecule has 3 nitrogen and oxygen atoms in total. The number of carbonyl (C=O) groups is 1. The van der Waals surface area contributed by atoms with Crippen LogP contribution in [0.3, 0.4) is 0 Å². The van der Waals surface area contributed by atoms with E-state index in [0.29, 0.717) is 12.1 Å². The van der Waals surface area contributed by atoms with E-state index in [-0.39, 0.29) is 11.9 Å². The number of nitrogens with two attached hydrogens (primary N) is 1. The first-order valence-corrected chi connectivity index (χ1v) is 7.77. The fourth-order valence-electron chi connectivity index (χ4n) is 2.77. The zero-order valence-corrected chi connectivity index (χ0v) is 13.4. The summed E-state index contributed by atoms with van der Waals surface area (Å²) in [6.45, 7) is 2.54. The Labute approximate surface area is 132 Å². The van der Waals surface area contributed by atoms with Crippen LogP contribution in [0.1, 0.15) is 21.5 Å². The number of aryl methyl sites for hydroxylation is 1.